The van der Waals surface area contributed by atoms with Gasteiger partial charge in [0.2, 0.25) is 5.91 Å². The fourth-order valence-corrected chi connectivity index (χ4v) is 5.03. The topological polar surface area (TPSA) is 82.2 Å². The number of nitrogens with one attached hydrogen (secondary N) is 1. The van der Waals surface area contributed by atoms with Crippen molar-refractivity contribution in [2.24, 2.45) is 5.92 Å². The van der Waals surface area contributed by atoms with Crippen LogP contribution in [0.15, 0.2) is 35.5 Å². The third kappa shape index (κ3) is 4.93. The molecule has 2 aliphatic heterocycles. The monoisotopic (exact) mass is 488 g/mol. The number of likely N-dealkylation sites (N-methyl/N-ethyl adjacent to an activating group) is 1. The highest BCUT2D eigenvalue weighted by molar-refractivity contribution is 6.30. The molecule has 2 fully saturated rings. The zero-order valence-electron chi connectivity index (χ0n) is 20.1. The Labute approximate surface area is 205 Å². The number of esters is 1. The van der Waals surface area contributed by atoms with Crippen LogP contribution in [0, 0.1) is 5.92 Å². The average Bonchev–Trinajstić information content (AvgIpc) is 2.76. The number of hydrogen-bond donors (Lipinski definition) is 1. The predicted molar refractivity (Wildman–Crippen MR) is 129 cm³/mol. The molecule has 1 aromatic carbocycles. The highest BCUT2D eigenvalue weighted by Gasteiger charge is 2.39. The minimum absolute atomic E-state index is 0.0725. The Morgan fingerprint density at radius 3 is 2.47 bits per heavy atom. The van der Waals surface area contributed by atoms with Crippen LogP contribution in [0.5, 0.6) is 0 Å². The lowest BCUT2D eigenvalue weighted by Crippen LogP contribution is -2.57. The Morgan fingerprint density at radius 1 is 1.18 bits per heavy atom. The normalized spacial score (nSPS) is 24.1. The van der Waals surface area contributed by atoms with Crippen molar-refractivity contribution in [3.8, 4) is 0 Å². The molecule has 2 atom stereocenters. The molecule has 34 heavy (non-hydrogen) atoms. The number of carbonyl (C=O) groups excluding carboxylic acids is 3. The second-order valence-corrected chi connectivity index (χ2v) is 9.75. The van der Waals surface area contributed by atoms with E-state index < -0.39 is 12.0 Å². The molecule has 8 nitrogen and oxygen atoms in total. The third-order valence-corrected chi connectivity index (χ3v) is 7.35. The molecule has 0 unspecified atom stereocenters. The fourth-order valence-electron chi connectivity index (χ4n) is 4.91. The van der Waals surface area contributed by atoms with Gasteiger partial charge in [-0.15, -0.1) is 0 Å². The van der Waals surface area contributed by atoms with Crippen molar-refractivity contribution in [2.75, 3.05) is 39.8 Å². The van der Waals surface area contributed by atoms with Gasteiger partial charge in [0.15, 0.2) is 0 Å². The molecule has 9 heteroatoms. The second-order valence-electron chi connectivity index (χ2n) is 9.32. The highest BCUT2D eigenvalue weighted by Crippen LogP contribution is 2.33. The second kappa shape index (κ2) is 10.4. The summed E-state index contributed by atoms with van der Waals surface area (Å²) in [6, 6.07) is 6.25. The number of carbonyl (C=O) groups is 3. The van der Waals surface area contributed by atoms with Crippen molar-refractivity contribution in [3.05, 3.63) is 46.1 Å². The van der Waals surface area contributed by atoms with E-state index in [1.165, 1.54) is 4.90 Å². The maximum atomic E-state index is 13.1. The summed E-state index contributed by atoms with van der Waals surface area (Å²) < 4.78 is 5.40. The number of ether oxygens (including phenoxy) is 1. The van der Waals surface area contributed by atoms with Crippen molar-refractivity contribution in [2.45, 2.75) is 45.2 Å². The van der Waals surface area contributed by atoms with E-state index in [-0.39, 0.29) is 30.5 Å². The lowest BCUT2D eigenvalue weighted by Gasteiger charge is -2.44. The lowest BCUT2D eigenvalue weighted by molar-refractivity contribution is -0.142. The molecule has 0 aromatic heterocycles. The molecular formula is C25H33ClN4O4. The van der Waals surface area contributed by atoms with Gasteiger partial charge in [-0.1, -0.05) is 30.2 Å². The van der Waals surface area contributed by atoms with Crippen molar-refractivity contribution >= 4 is 29.5 Å². The van der Waals surface area contributed by atoms with Gasteiger partial charge in [0.05, 0.1) is 18.2 Å². The quantitative estimate of drug-likeness (QED) is 0.622. The standard InChI is InChI=1S/C25H33ClN4O4/c1-4-34-24(32)21-20(28(3)25(33)27-22(21)17-8-10-19(26)11-9-17)15-29-12-13-30(16(2)14-29)23(31)18-6-5-7-18/h8-11,16,18,22H,4-7,12-15H2,1-3H3,(H,27,33)/t16-,22-/m0/s1. The third-order valence-electron chi connectivity index (χ3n) is 7.10. The molecule has 0 bridgehead atoms. The molecule has 1 saturated carbocycles. The summed E-state index contributed by atoms with van der Waals surface area (Å²) in [5.41, 5.74) is 1.80. The van der Waals surface area contributed by atoms with Gasteiger partial charge in [-0.3, -0.25) is 14.6 Å². The van der Waals surface area contributed by atoms with Gasteiger partial charge in [0, 0.05) is 55.9 Å². The summed E-state index contributed by atoms with van der Waals surface area (Å²) in [5.74, 6) is -0.00151. The molecule has 3 aliphatic rings. The molecule has 2 heterocycles. The number of benzene rings is 1. The van der Waals surface area contributed by atoms with E-state index >= 15 is 0 Å². The van der Waals surface area contributed by atoms with Gasteiger partial charge < -0.3 is 15.0 Å². The van der Waals surface area contributed by atoms with Gasteiger partial charge in [0.25, 0.3) is 0 Å². The molecule has 0 spiro atoms. The Kier molecular flexibility index (Phi) is 7.48. The summed E-state index contributed by atoms with van der Waals surface area (Å²) in [7, 11) is 1.67. The molecule has 1 saturated heterocycles. The van der Waals surface area contributed by atoms with Crippen LogP contribution in [0.1, 0.15) is 44.7 Å². The van der Waals surface area contributed by atoms with Crippen LogP contribution in [0.25, 0.3) is 0 Å². The van der Waals surface area contributed by atoms with Crippen molar-refractivity contribution in [1.29, 1.82) is 0 Å². The summed E-state index contributed by atoms with van der Waals surface area (Å²) in [6.45, 7) is 6.49. The van der Waals surface area contributed by atoms with Gasteiger partial charge in [-0.25, -0.2) is 9.59 Å². The largest absolute Gasteiger partial charge is 0.463 e. The molecule has 3 amide bonds. The Bertz CT molecular complexity index is 976. The first-order chi connectivity index (χ1) is 16.3. The summed E-state index contributed by atoms with van der Waals surface area (Å²) in [4.78, 5) is 44.5. The van der Waals surface area contributed by atoms with Crippen LogP contribution in [0.3, 0.4) is 0 Å². The molecule has 1 aromatic rings. The van der Waals surface area contributed by atoms with Crippen LogP contribution < -0.4 is 5.32 Å². The Morgan fingerprint density at radius 2 is 1.88 bits per heavy atom. The summed E-state index contributed by atoms with van der Waals surface area (Å²) in [6.07, 6.45) is 3.12. The fraction of sp³-hybridized carbons (Fsp3) is 0.560. The van der Waals surface area contributed by atoms with Gasteiger partial charge in [0.1, 0.15) is 0 Å². The minimum atomic E-state index is -0.631. The predicted octanol–water partition coefficient (Wildman–Crippen LogP) is 3.19. The number of nitrogens with zero attached hydrogens (tertiary/aromatic N) is 3. The molecular weight excluding hydrogens is 456 g/mol. The van der Waals surface area contributed by atoms with Gasteiger partial charge >= 0.3 is 12.0 Å². The van der Waals surface area contributed by atoms with Crippen LogP contribution in [-0.2, 0) is 14.3 Å². The van der Waals surface area contributed by atoms with E-state index in [0.717, 1.165) is 24.8 Å². The zero-order chi connectivity index (χ0) is 24.4. The number of amides is 3. The SMILES string of the molecule is CCOC(=O)C1=C(CN2CCN(C(=O)C3CCC3)[C@@H](C)C2)N(C)C(=O)N[C@H]1c1ccc(Cl)cc1. The van der Waals surface area contributed by atoms with Crippen LogP contribution in [0.4, 0.5) is 4.79 Å². The number of urea groups is 1. The average molecular weight is 489 g/mol. The highest BCUT2D eigenvalue weighted by atomic mass is 35.5. The number of hydrogen-bond acceptors (Lipinski definition) is 5. The smallest absolute Gasteiger partial charge is 0.338 e. The van der Waals surface area contributed by atoms with Gasteiger partial charge in [-0.2, -0.15) is 0 Å². The van der Waals surface area contributed by atoms with E-state index in [9.17, 15) is 14.4 Å². The van der Waals surface area contributed by atoms with Crippen molar-refractivity contribution < 1.29 is 19.1 Å². The first kappa shape index (κ1) is 24.5. The molecule has 4 rings (SSSR count). The van der Waals surface area contributed by atoms with E-state index in [1.807, 2.05) is 17.0 Å². The minimum Gasteiger partial charge on any atom is -0.463 e. The van der Waals surface area contributed by atoms with Crippen LogP contribution >= 0.6 is 11.6 Å². The van der Waals surface area contributed by atoms with Crippen LogP contribution in [0.2, 0.25) is 5.02 Å². The summed E-state index contributed by atoms with van der Waals surface area (Å²) >= 11 is 6.05. The lowest BCUT2D eigenvalue weighted by atomic mass is 9.84. The van der Waals surface area contributed by atoms with E-state index in [1.54, 1.807) is 26.1 Å². The number of rotatable bonds is 6. The number of piperazine rings is 1. The maximum absolute atomic E-state index is 13.1. The van der Waals surface area contributed by atoms with Gasteiger partial charge in [-0.05, 0) is 44.4 Å². The first-order valence-electron chi connectivity index (χ1n) is 12.0. The van der Waals surface area contributed by atoms with E-state index in [4.69, 9.17) is 16.3 Å². The van der Waals surface area contributed by atoms with Crippen molar-refractivity contribution in [1.82, 2.24) is 20.0 Å². The molecule has 1 aliphatic carbocycles. The number of halogens is 1. The summed E-state index contributed by atoms with van der Waals surface area (Å²) in [5, 5.41) is 3.51. The Hall–Kier alpha value is -2.58. The first-order valence-corrected chi connectivity index (χ1v) is 12.4. The zero-order valence-corrected chi connectivity index (χ0v) is 20.8. The maximum Gasteiger partial charge on any atom is 0.338 e. The van der Waals surface area contributed by atoms with E-state index in [0.29, 0.717) is 42.5 Å². The Balaban J connectivity index is 1.60. The molecule has 1 N–H and O–H groups in total. The molecule has 184 valence electrons. The van der Waals surface area contributed by atoms with Crippen molar-refractivity contribution in [3.63, 3.8) is 0 Å². The molecule has 0 radical (unpaired) electrons. The van der Waals surface area contributed by atoms with E-state index in [2.05, 4.69) is 17.1 Å². The van der Waals surface area contributed by atoms with Crippen LogP contribution in [-0.4, -0.2) is 78.5 Å².